The molecular weight excluding hydrogens is 538 g/mol. The van der Waals surface area contributed by atoms with Crippen molar-refractivity contribution in [2.75, 3.05) is 26.3 Å². The Labute approximate surface area is 246 Å². The lowest BCUT2D eigenvalue weighted by Crippen LogP contribution is -2.52. The van der Waals surface area contributed by atoms with Crippen molar-refractivity contribution in [2.45, 2.75) is 84.0 Å². The Bertz CT molecular complexity index is 1310. The van der Waals surface area contributed by atoms with Gasteiger partial charge in [-0.05, 0) is 61.6 Å². The molecular formula is C31H43N5O6. The first-order chi connectivity index (χ1) is 20.3. The zero-order chi connectivity index (χ0) is 29.6. The van der Waals surface area contributed by atoms with Crippen LogP contribution >= 0.6 is 0 Å². The van der Waals surface area contributed by atoms with Crippen LogP contribution < -0.4 is 16.4 Å². The number of nitrogens with one attached hydrogen (secondary N) is 2. The quantitative estimate of drug-likeness (QED) is 0.366. The molecule has 0 unspecified atom stereocenters. The molecule has 0 radical (unpaired) electrons. The van der Waals surface area contributed by atoms with Gasteiger partial charge in [-0.15, -0.1) is 5.10 Å². The van der Waals surface area contributed by atoms with E-state index in [1.165, 1.54) is 4.68 Å². The van der Waals surface area contributed by atoms with Crippen LogP contribution in [0.2, 0.25) is 0 Å². The highest BCUT2D eigenvalue weighted by molar-refractivity contribution is 5.99. The molecule has 1 saturated heterocycles. The highest BCUT2D eigenvalue weighted by Crippen LogP contribution is 2.30. The van der Waals surface area contributed by atoms with E-state index in [1.54, 1.807) is 6.07 Å². The molecule has 42 heavy (non-hydrogen) atoms. The normalized spacial score (nSPS) is 22.1. The molecule has 2 heterocycles. The lowest BCUT2D eigenvalue weighted by Gasteiger charge is -2.32. The summed E-state index contributed by atoms with van der Waals surface area (Å²) in [7, 11) is 0. The van der Waals surface area contributed by atoms with Crippen LogP contribution in [0, 0.1) is 17.8 Å². The molecule has 1 aromatic carbocycles. The molecule has 0 bridgehead atoms. The Morgan fingerprint density at radius 2 is 1.83 bits per heavy atom. The Morgan fingerprint density at radius 3 is 2.57 bits per heavy atom. The molecule has 11 nitrogen and oxygen atoms in total. The number of benzene rings is 1. The van der Waals surface area contributed by atoms with Crippen LogP contribution in [-0.4, -0.2) is 70.7 Å². The van der Waals surface area contributed by atoms with Crippen LogP contribution in [0.1, 0.15) is 85.4 Å². The number of carbonyl (C=O) groups is 3. The van der Waals surface area contributed by atoms with Crippen molar-refractivity contribution in [3.63, 3.8) is 0 Å². The number of ketones is 1. The van der Waals surface area contributed by atoms with Crippen molar-refractivity contribution < 1.29 is 23.5 Å². The van der Waals surface area contributed by atoms with Crippen molar-refractivity contribution in [2.24, 2.45) is 17.8 Å². The van der Waals surface area contributed by atoms with Gasteiger partial charge in [0, 0.05) is 31.2 Å². The van der Waals surface area contributed by atoms with Gasteiger partial charge < -0.3 is 19.8 Å². The van der Waals surface area contributed by atoms with Gasteiger partial charge in [0.25, 0.3) is 11.8 Å². The lowest BCUT2D eigenvalue weighted by atomic mass is 9.83. The second-order valence-corrected chi connectivity index (χ2v) is 12.4. The summed E-state index contributed by atoms with van der Waals surface area (Å²) in [6, 6.07) is 6.40. The van der Waals surface area contributed by atoms with E-state index in [2.05, 4.69) is 20.6 Å². The monoisotopic (exact) mass is 581 g/mol. The molecule has 11 heteroatoms. The molecule has 2 N–H and O–H groups in total. The van der Waals surface area contributed by atoms with Gasteiger partial charge in [0.15, 0.2) is 0 Å². The second kappa shape index (κ2) is 13.8. The van der Waals surface area contributed by atoms with Gasteiger partial charge in [-0.25, -0.2) is 4.79 Å². The lowest BCUT2D eigenvalue weighted by molar-refractivity contribution is -0.127. The average Bonchev–Trinajstić information content (AvgIpc) is 3.73. The third kappa shape index (κ3) is 7.95. The number of aromatic nitrogens is 2. The molecule has 3 atom stereocenters. The van der Waals surface area contributed by atoms with E-state index in [0.717, 1.165) is 50.9 Å². The summed E-state index contributed by atoms with van der Waals surface area (Å²) in [6.45, 7) is 8.28. The van der Waals surface area contributed by atoms with Crippen LogP contribution in [0.25, 0.3) is 0 Å². The summed E-state index contributed by atoms with van der Waals surface area (Å²) in [5.41, 5.74) is 1.62. The molecule has 228 valence electrons. The number of hydrogen-bond donors (Lipinski definition) is 2. The van der Waals surface area contributed by atoms with Crippen molar-refractivity contribution in [1.29, 1.82) is 0 Å². The third-order valence-corrected chi connectivity index (χ3v) is 8.40. The van der Waals surface area contributed by atoms with E-state index in [0.29, 0.717) is 50.5 Å². The van der Waals surface area contributed by atoms with E-state index in [4.69, 9.17) is 9.15 Å². The van der Waals surface area contributed by atoms with E-state index in [1.807, 2.05) is 32.0 Å². The van der Waals surface area contributed by atoms with Gasteiger partial charge in [0.1, 0.15) is 0 Å². The summed E-state index contributed by atoms with van der Waals surface area (Å²) >= 11 is 0. The Morgan fingerprint density at radius 1 is 1.07 bits per heavy atom. The molecule has 0 spiro atoms. The minimum absolute atomic E-state index is 0.103. The number of nitrogens with zero attached hydrogens (tertiary/aromatic N) is 3. The molecule has 2 aromatic rings. The maximum atomic E-state index is 13.6. The van der Waals surface area contributed by atoms with Crippen LogP contribution in [0.15, 0.2) is 33.5 Å². The highest BCUT2D eigenvalue weighted by Gasteiger charge is 2.36. The minimum Gasteiger partial charge on any atom is -0.384 e. The average molecular weight is 582 g/mol. The largest absolute Gasteiger partial charge is 0.437 e. The number of ether oxygens (including phenoxy) is 1. The Balaban J connectivity index is 1.24. The third-order valence-electron chi connectivity index (χ3n) is 8.40. The summed E-state index contributed by atoms with van der Waals surface area (Å²) in [6.07, 6.45) is 5.51. The van der Waals surface area contributed by atoms with E-state index >= 15 is 0 Å². The maximum absolute atomic E-state index is 13.6. The molecule has 2 saturated carbocycles. The van der Waals surface area contributed by atoms with Crippen LogP contribution in [0.5, 0.6) is 0 Å². The maximum Gasteiger partial charge on any atom is 0.437 e. The van der Waals surface area contributed by atoms with E-state index in [-0.39, 0.29) is 29.7 Å². The number of morpholine rings is 1. The fraction of sp³-hybridized carbons (Fsp3) is 0.645. The topological polar surface area (TPSA) is 136 Å². The molecule has 2 amide bonds. The van der Waals surface area contributed by atoms with E-state index in [9.17, 15) is 19.2 Å². The Hall–Kier alpha value is -3.31. The fourth-order valence-corrected chi connectivity index (χ4v) is 5.89. The van der Waals surface area contributed by atoms with Crippen LogP contribution in [0.3, 0.4) is 0 Å². The number of Topliss-reactive ketones (excluding diaryl/α,β-unsaturated/α-hetero) is 1. The zero-order valence-electron chi connectivity index (χ0n) is 24.7. The number of amides is 2. The predicted octanol–water partition coefficient (Wildman–Crippen LogP) is 2.78. The number of carbonyl (C=O) groups excluding carboxylic acids is 3. The molecule has 1 aliphatic heterocycles. The minimum atomic E-state index is -0.875. The molecule has 2 aliphatic carbocycles. The second-order valence-electron chi connectivity index (χ2n) is 12.4. The molecule has 3 fully saturated rings. The van der Waals surface area contributed by atoms with Crippen molar-refractivity contribution >= 4 is 17.6 Å². The van der Waals surface area contributed by atoms with Gasteiger partial charge in [0.05, 0.1) is 31.7 Å². The zero-order valence-corrected chi connectivity index (χ0v) is 24.7. The van der Waals surface area contributed by atoms with Crippen LogP contribution in [0.4, 0.5) is 0 Å². The van der Waals surface area contributed by atoms with Crippen molar-refractivity contribution in [1.82, 2.24) is 25.3 Å². The SMILES string of the molecule is CC(C)C[C@H](NC(=O)[C@@H]1CCCC[C@@H]1NC(=O)c1cccc(CN2CCOCC2)c1)C(=O)c1nn(CC2CC2)c(=O)o1. The summed E-state index contributed by atoms with van der Waals surface area (Å²) in [5.74, 6) is -1.88. The summed E-state index contributed by atoms with van der Waals surface area (Å²) in [5, 5.41) is 10.2. The van der Waals surface area contributed by atoms with E-state index < -0.39 is 23.5 Å². The molecule has 5 rings (SSSR count). The Kier molecular flexibility index (Phi) is 9.89. The van der Waals surface area contributed by atoms with Gasteiger partial charge in [0.2, 0.25) is 11.7 Å². The number of hydrogen-bond acceptors (Lipinski definition) is 8. The van der Waals surface area contributed by atoms with Gasteiger partial charge >= 0.3 is 5.76 Å². The van der Waals surface area contributed by atoms with Crippen molar-refractivity contribution in [3.05, 3.63) is 51.8 Å². The first kappa shape index (κ1) is 30.2. The predicted molar refractivity (Wildman–Crippen MR) is 155 cm³/mol. The van der Waals surface area contributed by atoms with Crippen LogP contribution in [-0.2, 0) is 22.6 Å². The van der Waals surface area contributed by atoms with Crippen molar-refractivity contribution in [3.8, 4) is 0 Å². The first-order valence-electron chi connectivity index (χ1n) is 15.4. The highest BCUT2D eigenvalue weighted by atomic mass is 16.5. The smallest absolute Gasteiger partial charge is 0.384 e. The summed E-state index contributed by atoms with van der Waals surface area (Å²) in [4.78, 5) is 54.9. The molecule has 3 aliphatic rings. The number of rotatable bonds is 12. The first-order valence-corrected chi connectivity index (χ1v) is 15.4. The van der Waals surface area contributed by atoms with Gasteiger partial charge in [-0.1, -0.05) is 38.8 Å². The van der Waals surface area contributed by atoms with Gasteiger partial charge in [-0.3, -0.25) is 19.3 Å². The standard InChI is InChI=1S/C31H43N5O6/c1-20(2)16-26(27(37)30-34-36(31(40)42-30)19-21-10-11-21)33-29(39)24-8-3-4-9-25(24)32-28(38)23-7-5-6-22(17-23)18-35-12-14-41-15-13-35/h5-7,17,20-21,24-26H,3-4,8-16,18-19H2,1-2H3,(H,32,38)(H,33,39)/t24-,25+,26+/m1/s1. The van der Waals surface area contributed by atoms with Gasteiger partial charge in [-0.2, -0.15) is 4.68 Å². The fourth-order valence-electron chi connectivity index (χ4n) is 5.89. The molecule has 1 aromatic heterocycles. The summed E-state index contributed by atoms with van der Waals surface area (Å²) < 4.78 is 11.8.